The van der Waals surface area contributed by atoms with E-state index in [4.69, 9.17) is 0 Å². The van der Waals surface area contributed by atoms with E-state index in [1.807, 2.05) is 72.8 Å². The van der Waals surface area contributed by atoms with E-state index in [9.17, 15) is 9.59 Å². The third-order valence-electron chi connectivity index (χ3n) is 4.61. The van der Waals surface area contributed by atoms with Crippen LogP contribution in [-0.2, 0) is 11.2 Å². The van der Waals surface area contributed by atoms with Crippen LogP contribution in [0.15, 0.2) is 84.9 Å². The fraction of sp³-hybridized carbons (Fsp3) is 0.167. The van der Waals surface area contributed by atoms with Crippen molar-refractivity contribution < 1.29 is 9.59 Å². The SMILES string of the molecule is CCc1ccccc1NC(=O)CC(NC(=O)c1ccccc1)c1ccccc1. The van der Waals surface area contributed by atoms with Gasteiger partial charge in [0.25, 0.3) is 5.91 Å². The van der Waals surface area contributed by atoms with Crippen molar-refractivity contribution in [1.29, 1.82) is 0 Å². The Labute approximate surface area is 165 Å². The van der Waals surface area contributed by atoms with E-state index >= 15 is 0 Å². The molecular weight excluding hydrogens is 348 g/mol. The zero-order valence-corrected chi connectivity index (χ0v) is 15.9. The third kappa shape index (κ3) is 5.07. The molecule has 0 fully saturated rings. The molecule has 0 aliphatic heterocycles. The molecule has 0 aromatic heterocycles. The van der Waals surface area contributed by atoms with Gasteiger partial charge in [-0.3, -0.25) is 9.59 Å². The Hall–Kier alpha value is -3.40. The van der Waals surface area contributed by atoms with Crippen LogP contribution < -0.4 is 10.6 Å². The Morgan fingerprint density at radius 3 is 2.11 bits per heavy atom. The van der Waals surface area contributed by atoms with Crippen LogP contribution in [0.25, 0.3) is 0 Å². The van der Waals surface area contributed by atoms with E-state index in [-0.39, 0.29) is 18.2 Å². The topological polar surface area (TPSA) is 58.2 Å². The minimum Gasteiger partial charge on any atom is -0.345 e. The number of hydrogen-bond donors (Lipinski definition) is 2. The van der Waals surface area contributed by atoms with Gasteiger partial charge in [-0.05, 0) is 35.7 Å². The fourth-order valence-corrected chi connectivity index (χ4v) is 3.11. The first-order chi connectivity index (χ1) is 13.7. The second-order valence-electron chi connectivity index (χ2n) is 6.57. The van der Waals surface area contributed by atoms with Crippen molar-refractivity contribution in [3.8, 4) is 0 Å². The highest BCUT2D eigenvalue weighted by molar-refractivity contribution is 5.96. The molecule has 4 heteroatoms. The second-order valence-corrected chi connectivity index (χ2v) is 6.57. The van der Waals surface area contributed by atoms with Crippen LogP contribution in [0.3, 0.4) is 0 Å². The number of amides is 2. The molecule has 1 unspecified atom stereocenters. The monoisotopic (exact) mass is 372 g/mol. The summed E-state index contributed by atoms with van der Waals surface area (Å²) in [4.78, 5) is 25.3. The van der Waals surface area contributed by atoms with Crippen molar-refractivity contribution in [1.82, 2.24) is 5.32 Å². The van der Waals surface area contributed by atoms with Crippen molar-refractivity contribution >= 4 is 17.5 Å². The predicted octanol–water partition coefficient (Wildman–Crippen LogP) is 4.75. The van der Waals surface area contributed by atoms with E-state index in [1.165, 1.54) is 0 Å². The Kier molecular flexibility index (Phi) is 6.58. The summed E-state index contributed by atoms with van der Waals surface area (Å²) in [5.41, 5.74) is 3.36. The van der Waals surface area contributed by atoms with Crippen molar-refractivity contribution in [2.24, 2.45) is 0 Å². The lowest BCUT2D eigenvalue weighted by Crippen LogP contribution is -2.31. The van der Waals surface area contributed by atoms with Crippen LogP contribution >= 0.6 is 0 Å². The number of carbonyl (C=O) groups excluding carboxylic acids is 2. The molecule has 0 aliphatic rings. The van der Waals surface area contributed by atoms with Gasteiger partial charge in [0, 0.05) is 11.3 Å². The highest BCUT2D eigenvalue weighted by Crippen LogP contribution is 2.20. The van der Waals surface area contributed by atoms with E-state index < -0.39 is 6.04 Å². The molecule has 3 aromatic rings. The van der Waals surface area contributed by atoms with Gasteiger partial charge in [-0.15, -0.1) is 0 Å². The minimum absolute atomic E-state index is 0.136. The molecule has 0 saturated carbocycles. The molecule has 0 aliphatic carbocycles. The maximum atomic E-state index is 12.7. The van der Waals surface area contributed by atoms with E-state index in [1.54, 1.807) is 12.1 Å². The average molecular weight is 372 g/mol. The summed E-state index contributed by atoms with van der Waals surface area (Å²) >= 11 is 0. The molecule has 0 saturated heterocycles. The molecule has 142 valence electrons. The summed E-state index contributed by atoms with van der Waals surface area (Å²) in [6.45, 7) is 2.05. The average Bonchev–Trinajstić information content (AvgIpc) is 2.75. The Bertz CT molecular complexity index is 924. The lowest BCUT2D eigenvalue weighted by Gasteiger charge is -2.19. The number of carbonyl (C=O) groups is 2. The smallest absolute Gasteiger partial charge is 0.251 e. The lowest BCUT2D eigenvalue weighted by atomic mass is 10.0. The minimum atomic E-state index is -0.414. The first kappa shape index (κ1) is 19.4. The zero-order valence-electron chi connectivity index (χ0n) is 15.9. The molecule has 3 aromatic carbocycles. The Balaban J connectivity index is 1.76. The number of benzene rings is 3. The highest BCUT2D eigenvalue weighted by atomic mass is 16.2. The zero-order chi connectivity index (χ0) is 19.8. The quantitative estimate of drug-likeness (QED) is 0.629. The highest BCUT2D eigenvalue weighted by Gasteiger charge is 2.19. The van der Waals surface area contributed by atoms with Crippen LogP contribution in [0.1, 0.15) is 40.9 Å². The van der Waals surface area contributed by atoms with Gasteiger partial charge >= 0.3 is 0 Å². The molecule has 0 bridgehead atoms. The Morgan fingerprint density at radius 1 is 0.821 bits per heavy atom. The number of hydrogen-bond acceptors (Lipinski definition) is 2. The molecule has 4 nitrogen and oxygen atoms in total. The molecule has 3 rings (SSSR count). The molecule has 1 atom stereocenters. The van der Waals surface area contributed by atoms with Gasteiger partial charge in [-0.2, -0.15) is 0 Å². The fourth-order valence-electron chi connectivity index (χ4n) is 3.11. The number of anilines is 1. The molecule has 0 spiro atoms. The second kappa shape index (κ2) is 9.51. The van der Waals surface area contributed by atoms with Crippen molar-refractivity contribution in [2.75, 3.05) is 5.32 Å². The molecule has 2 amide bonds. The van der Waals surface area contributed by atoms with Gasteiger partial charge in [-0.25, -0.2) is 0 Å². The van der Waals surface area contributed by atoms with Crippen LogP contribution in [0.4, 0.5) is 5.69 Å². The van der Waals surface area contributed by atoms with E-state index in [0.717, 1.165) is 23.2 Å². The summed E-state index contributed by atoms with van der Waals surface area (Å²) in [5.74, 6) is -0.334. The first-order valence-corrected chi connectivity index (χ1v) is 9.46. The lowest BCUT2D eigenvalue weighted by molar-refractivity contribution is -0.116. The van der Waals surface area contributed by atoms with E-state index in [2.05, 4.69) is 17.6 Å². The van der Waals surface area contributed by atoms with Gasteiger partial charge in [-0.1, -0.05) is 73.7 Å². The van der Waals surface area contributed by atoms with E-state index in [0.29, 0.717) is 5.56 Å². The van der Waals surface area contributed by atoms with Crippen LogP contribution in [-0.4, -0.2) is 11.8 Å². The van der Waals surface area contributed by atoms with Crippen LogP contribution in [0.5, 0.6) is 0 Å². The predicted molar refractivity (Wildman–Crippen MR) is 112 cm³/mol. The third-order valence-corrected chi connectivity index (χ3v) is 4.61. The largest absolute Gasteiger partial charge is 0.345 e. The van der Waals surface area contributed by atoms with Crippen molar-refractivity contribution in [3.63, 3.8) is 0 Å². The molecule has 28 heavy (non-hydrogen) atoms. The van der Waals surface area contributed by atoms with Gasteiger partial charge in [0.15, 0.2) is 0 Å². The first-order valence-electron chi connectivity index (χ1n) is 9.46. The molecule has 2 N–H and O–H groups in total. The summed E-state index contributed by atoms with van der Waals surface area (Å²) in [6.07, 6.45) is 0.990. The maximum Gasteiger partial charge on any atom is 0.251 e. The summed E-state index contributed by atoms with van der Waals surface area (Å²) in [5, 5.41) is 5.98. The number of nitrogens with one attached hydrogen (secondary N) is 2. The van der Waals surface area contributed by atoms with Crippen molar-refractivity contribution in [2.45, 2.75) is 25.8 Å². The Morgan fingerprint density at radius 2 is 1.43 bits per heavy atom. The maximum absolute atomic E-state index is 12.7. The normalized spacial score (nSPS) is 11.5. The van der Waals surface area contributed by atoms with Gasteiger partial charge in [0.2, 0.25) is 5.91 Å². The van der Waals surface area contributed by atoms with Crippen LogP contribution in [0.2, 0.25) is 0 Å². The number of rotatable bonds is 7. The van der Waals surface area contributed by atoms with Gasteiger partial charge in [0.1, 0.15) is 0 Å². The summed E-state index contributed by atoms with van der Waals surface area (Å²) < 4.78 is 0. The molecule has 0 radical (unpaired) electrons. The molecule has 0 heterocycles. The summed E-state index contributed by atoms with van der Waals surface area (Å²) in [7, 11) is 0. The molecular formula is C24H24N2O2. The standard InChI is InChI=1S/C24H24N2O2/c1-2-18-11-9-10-16-21(18)25-23(27)17-22(19-12-5-3-6-13-19)26-24(28)20-14-7-4-8-15-20/h3-16,22H,2,17H2,1H3,(H,25,27)(H,26,28). The number of aryl methyl sites for hydroxylation is 1. The van der Waals surface area contributed by atoms with Gasteiger partial charge < -0.3 is 10.6 Å². The summed E-state index contributed by atoms with van der Waals surface area (Å²) in [6, 6.07) is 25.9. The van der Waals surface area contributed by atoms with Gasteiger partial charge in [0.05, 0.1) is 12.5 Å². The van der Waals surface area contributed by atoms with Crippen LogP contribution in [0, 0.1) is 0 Å². The number of para-hydroxylation sites is 1. The van der Waals surface area contributed by atoms with Crippen molar-refractivity contribution in [3.05, 3.63) is 102 Å².